The van der Waals surface area contributed by atoms with Gasteiger partial charge in [-0.3, -0.25) is 4.98 Å². The first-order valence-corrected chi connectivity index (χ1v) is 6.49. The van der Waals surface area contributed by atoms with Crippen molar-refractivity contribution < 1.29 is 4.74 Å². The normalized spacial score (nSPS) is 10.8. The maximum atomic E-state index is 5.65. The molecule has 0 atom stereocenters. The fourth-order valence-corrected chi connectivity index (χ4v) is 2.28. The minimum atomic E-state index is 0.685. The zero-order valence-electron chi connectivity index (χ0n) is 10.9. The van der Waals surface area contributed by atoms with Gasteiger partial charge in [-0.05, 0) is 37.3 Å². The van der Waals surface area contributed by atoms with Crippen molar-refractivity contribution in [2.45, 2.75) is 13.5 Å². The molecule has 0 fully saturated rings. The molecule has 0 bridgehead atoms. The van der Waals surface area contributed by atoms with Gasteiger partial charge in [-0.25, -0.2) is 0 Å². The summed E-state index contributed by atoms with van der Waals surface area (Å²) in [6, 6.07) is 14.2. The Morgan fingerprint density at radius 2 is 2.05 bits per heavy atom. The van der Waals surface area contributed by atoms with Crippen LogP contribution in [0.15, 0.2) is 54.9 Å². The molecular weight excluding hydrogens is 236 g/mol. The van der Waals surface area contributed by atoms with Crippen LogP contribution in [0.1, 0.15) is 12.6 Å². The molecule has 0 amide bonds. The van der Waals surface area contributed by atoms with E-state index in [2.05, 4.69) is 27.9 Å². The van der Waals surface area contributed by atoms with Crippen LogP contribution in [-0.2, 0) is 6.54 Å². The molecule has 3 aromatic rings. The molecule has 0 spiro atoms. The van der Waals surface area contributed by atoms with Gasteiger partial charge in [-0.2, -0.15) is 0 Å². The number of hydrogen-bond acceptors (Lipinski definition) is 2. The fraction of sp³-hybridized carbons (Fsp3) is 0.188. The molecule has 0 aliphatic rings. The lowest BCUT2D eigenvalue weighted by atomic mass is 10.2. The van der Waals surface area contributed by atoms with Crippen molar-refractivity contribution in [2.75, 3.05) is 6.61 Å². The van der Waals surface area contributed by atoms with E-state index in [1.807, 2.05) is 43.5 Å². The van der Waals surface area contributed by atoms with Crippen molar-refractivity contribution in [3.05, 3.63) is 60.6 Å². The monoisotopic (exact) mass is 252 g/mol. The molecule has 3 heteroatoms. The summed E-state index contributed by atoms with van der Waals surface area (Å²) in [6.07, 6.45) is 3.91. The lowest BCUT2D eigenvalue weighted by Crippen LogP contribution is -1.99. The highest BCUT2D eigenvalue weighted by molar-refractivity contribution is 5.86. The molecule has 0 radical (unpaired) electrons. The molecule has 1 aromatic carbocycles. The molecule has 0 N–H and O–H groups in total. The number of aromatic nitrogens is 2. The number of hydrogen-bond donors (Lipinski definition) is 0. The Morgan fingerprint density at radius 1 is 1.11 bits per heavy atom. The molecule has 0 aliphatic heterocycles. The van der Waals surface area contributed by atoms with Gasteiger partial charge in [0.15, 0.2) is 0 Å². The van der Waals surface area contributed by atoms with Crippen LogP contribution in [-0.4, -0.2) is 16.2 Å². The quantitative estimate of drug-likeness (QED) is 0.710. The van der Waals surface area contributed by atoms with Gasteiger partial charge in [0.05, 0.1) is 24.4 Å². The van der Waals surface area contributed by atoms with E-state index in [0.29, 0.717) is 6.61 Å². The molecule has 96 valence electrons. The first kappa shape index (κ1) is 11.8. The summed E-state index contributed by atoms with van der Waals surface area (Å²) < 4.78 is 7.85. The lowest BCUT2D eigenvalue weighted by Gasteiger charge is -2.07. The molecule has 2 aromatic heterocycles. The van der Waals surface area contributed by atoms with E-state index in [-0.39, 0.29) is 0 Å². The summed E-state index contributed by atoms with van der Waals surface area (Å²) in [4.78, 5) is 4.37. The fourth-order valence-electron chi connectivity index (χ4n) is 2.28. The summed E-state index contributed by atoms with van der Waals surface area (Å²) in [6.45, 7) is 3.47. The van der Waals surface area contributed by atoms with Gasteiger partial charge in [-0.15, -0.1) is 0 Å². The summed E-state index contributed by atoms with van der Waals surface area (Å²) in [7, 11) is 0. The lowest BCUT2D eigenvalue weighted by molar-refractivity contribution is 0.344. The van der Waals surface area contributed by atoms with Gasteiger partial charge in [0.2, 0.25) is 0 Å². The van der Waals surface area contributed by atoms with Crippen molar-refractivity contribution in [1.82, 2.24) is 9.55 Å². The van der Waals surface area contributed by atoms with E-state index in [0.717, 1.165) is 23.4 Å². The van der Waals surface area contributed by atoms with Crippen molar-refractivity contribution in [3.8, 4) is 5.75 Å². The third-order valence-corrected chi connectivity index (χ3v) is 3.13. The van der Waals surface area contributed by atoms with Crippen molar-refractivity contribution >= 4 is 10.9 Å². The highest BCUT2D eigenvalue weighted by Crippen LogP contribution is 2.26. The zero-order valence-corrected chi connectivity index (χ0v) is 10.9. The van der Waals surface area contributed by atoms with E-state index >= 15 is 0 Å². The third kappa shape index (κ3) is 2.32. The Balaban J connectivity index is 1.99. The average Bonchev–Trinajstić information content (AvgIpc) is 2.85. The second-order valence-electron chi connectivity index (χ2n) is 4.39. The van der Waals surface area contributed by atoms with Gasteiger partial charge < -0.3 is 9.30 Å². The van der Waals surface area contributed by atoms with Gasteiger partial charge in [-0.1, -0.05) is 12.1 Å². The van der Waals surface area contributed by atoms with Crippen LogP contribution in [0.25, 0.3) is 10.9 Å². The summed E-state index contributed by atoms with van der Waals surface area (Å²) in [5, 5.41) is 1.15. The summed E-state index contributed by atoms with van der Waals surface area (Å²) in [5.41, 5.74) is 2.23. The van der Waals surface area contributed by atoms with Gasteiger partial charge in [0.1, 0.15) is 5.75 Å². The second-order valence-corrected chi connectivity index (χ2v) is 4.39. The number of pyridine rings is 1. The van der Waals surface area contributed by atoms with E-state index in [4.69, 9.17) is 4.74 Å². The Bertz CT molecular complexity index is 674. The van der Waals surface area contributed by atoms with Crippen LogP contribution in [0, 0.1) is 0 Å². The molecule has 2 heterocycles. The molecule has 3 nitrogen and oxygen atoms in total. The first-order chi connectivity index (χ1) is 9.38. The van der Waals surface area contributed by atoms with E-state index in [1.165, 1.54) is 5.52 Å². The molecular formula is C16H16N2O. The number of nitrogens with zero attached hydrogens (tertiary/aromatic N) is 2. The predicted molar refractivity (Wildman–Crippen MR) is 76.4 cm³/mol. The SMILES string of the molecule is CCOc1cccc2c1ccn2Cc1ccccn1. The second kappa shape index (κ2) is 5.14. The largest absolute Gasteiger partial charge is 0.493 e. The Hall–Kier alpha value is -2.29. The number of benzene rings is 1. The molecule has 0 saturated carbocycles. The van der Waals surface area contributed by atoms with Crippen LogP contribution >= 0.6 is 0 Å². The number of rotatable bonds is 4. The molecule has 0 saturated heterocycles. The van der Waals surface area contributed by atoms with Crippen LogP contribution in [0.2, 0.25) is 0 Å². The van der Waals surface area contributed by atoms with Gasteiger partial charge in [0, 0.05) is 17.8 Å². The number of ether oxygens (including phenoxy) is 1. The highest BCUT2D eigenvalue weighted by atomic mass is 16.5. The Kier molecular flexibility index (Phi) is 3.19. The predicted octanol–water partition coefficient (Wildman–Crippen LogP) is 3.48. The maximum Gasteiger partial charge on any atom is 0.128 e. The molecule has 3 rings (SSSR count). The number of fused-ring (bicyclic) bond motifs is 1. The topological polar surface area (TPSA) is 27.1 Å². The van der Waals surface area contributed by atoms with Crippen molar-refractivity contribution in [1.29, 1.82) is 0 Å². The minimum absolute atomic E-state index is 0.685. The van der Waals surface area contributed by atoms with Crippen molar-refractivity contribution in [2.24, 2.45) is 0 Å². The minimum Gasteiger partial charge on any atom is -0.493 e. The molecule has 0 unspecified atom stereocenters. The van der Waals surface area contributed by atoms with Crippen LogP contribution in [0.5, 0.6) is 5.75 Å². The van der Waals surface area contributed by atoms with Crippen molar-refractivity contribution in [3.63, 3.8) is 0 Å². The smallest absolute Gasteiger partial charge is 0.128 e. The standard InChI is InChI=1S/C16H16N2O/c1-2-19-16-8-5-7-15-14(16)9-11-18(15)12-13-6-3-4-10-17-13/h3-11H,2,12H2,1H3. The Labute approximate surface area is 112 Å². The van der Waals surface area contributed by atoms with Crippen LogP contribution < -0.4 is 4.74 Å². The summed E-state index contributed by atoms with van der Waals surface area (Å²) in [5.74, 6) is 0.944. The first-order valence-electron chi connectivity index (χ1n) is 6.49. The molecule has 0 aliphatic carbocycles. The van der Waals surface area contributed by atoms with E-state index in [9.17, 15) is 0 Å². The maximum absolute atomic E-state index is 5.65. The average molecular weight is 252 g/mol. The molecule has 19 heavy (non-hydrogen) atoms. The zero-order chi connectivity index (χ0) is 13.1. The van der Waals surface area contributed by atoms with Gasteiger partial charge in [0.25, 0.3) is 0 Å². The van der Waals surface area contributed by atoms with Gasteiger partial charge >= 0.3 is 0 Å². The van der Waals surface area contributed by atoms with Crippen LogP contribution in [0.4, 0.5) is 0 Å². The Morgan fingerprint density at radius 3 is 2.84 bits per heavy atom. The third-order valence-electron chi connectivity index (χ3n) is 3.13. The van der Waals surface area contributed by atoms with E-state index in [1.54, 1.807) is 0 Å². The van der Waals surface area contributed by atoms with Crippen LogP contribution in [0.3, 0.4) is 0 Å². The highest BCUT2D eigenvalue weighted by Gasteiger charge is 2.06. The summed E-state index contributed by atoms with van der Waals surface area (Å²) >= 11 is 0. The van der Waals surface area contributed by atoms with E-state index < -0.39 is 0 Å².